The van der Waals surface area contributed by atoms with Crippen LogP contribution in [0.3, 0.4) is 0 Å². The van der Waals surface area contributed by atoms with Crippen LogP contribution in [0.4, 0.5) is 0 Å². The lowest BCUT2D eigenvalue weighted by atomic mass is 9.95. The van der Waals surface area contributed by atoms with Crippen molar-refractivity contribution in [2.45, 2.75) is 30.8 Å². The topological polar surface area (TPSA) is 75.4 Å². The zero-order valence-electron chi connectivity index (χ0n) is 11.3. The summed E-state index contributed by atoms with van der Waals surface area (Å²) in [5.74, 6) is 0.147. The van der Waals surface area contributed by atoms with E-state index in [4.69, 9.17) is 5.73 Å². The van der Waals surface area contributed by atoms with Gasteiger partial charge in [0, 0.05) is 31.5 Å². The first-order chi connectivity index (χ1) is 9.65. The van der Waals surface area contributed by atoms with Crippen LogP contribution in [0, 0.1) is 0 Å². The van der Waals surface area contributed by atoms with Crippen molar-refractivity contribution in [1.29, 1.82) is 0 Å². The quantitative estimate of drug-likeness (QED) is 0.809. The van der Waals surface area contributed by atoms with E-state index in [0.717, 1.165) is 0 Å². The van der Waals surface area contributed by atoms with Gasteiger partial charge in [-0.2, -0.15) is 0 Å². The second-order valence-corrected chi connectivity index (χ2v) is 5.58. The Kier molecular flexibility index (Phi) is 3.44. The molecule has 1 aromatic carbocycles. The summed E-state index contributed by atoms with van der Waals surface area (Å²) in [6.45, 7) is 1.20. The lowest BCUT2D eigenvalue weighted by Gasteiger charge is -2.20. The molecule has 20 heavy (non-hydrogen) atoms. The Hall–Kier alpha value is -1.88. The minimum absolute atomic E-state index is 0.00438. The Labute approximate surface area is 118 Å². The van der Waals surface area contributed by atoms with Crippen LogP contribution in [0.5, 0.6) is 0 Å². The number of nitrogens with two attached hydrogens (primary N) is 1. The van der Waals surface area contributed by atoms with Crippen LogP contribution >= 0.6 is 0 Å². The van der Waals surface area contributed by atoms with Crippen molar-refractivity contribution in [1.82, 2.24) is 10.2 Å². The van der Waals surface area contributed by atoms with E-state index in [0.29, 0.717) is 25.9 Å². The molecule has 0 spiro atoms. The van der Waals surface area contributed by atoms with Gasteiger partial charge in [-0.3, -0.25) is 9.59 Å². The van der Waals surface area contributed by atoms with E-state index < -0.39 is 0 Å². The molecule has 5 nitrogen and oxygen atoms in total. The van der Waals surface area contributed by atoms with E-state index in [1.165, 1.54) is 5.56 Å². The smallest absolute Gasteiger partial charge is 0.245 e. The van der Waals surface area contributed by atoms with Crippen LogP contribution in [0.2, 0.25) is 0 Å². The van der Waals surface area contributed by atoms with Gasteiger partial charge < -0.3 is 16.0 Å². The van der Waals surface area contributed by atoms with Gasteiger partial charge in [-0.25, -0.2) is 0 Å². The van der Waals surface area contributed by atoms with E-state index in [9.17, 15) is 9.59 Å². The number of carbonyl (C=O) groups is 2. The summed E-state index contributed by atoms with van der Waals surface area (Å²) in [5, 5.41) is 2.73. The fraction of sp³-hybridized carbons (Fsp3) is 0.467. The van der Waals surface area contributed by atoms with Crippen LogP contribution in [0.15, 0.2) is 30.3 Å². The Morgan fingerprint density at radius 3 is 2.65 bits per heavy atom. The Bertz CT molecular complexity index is 517. The highest BCUT2D eigenvalue weighted by atomic mass is 16.2. The maximum Gasteiger partial charge on any atom is 0.245 e. The molecule has 0 bridgehead atoms. The van der Waals surface area contributed by atoms with Crippen molar-refractivity contribution >= 4 is 11.8 Å². The van der Waals surface area contributed by atoms with Crippen molar-refractivity contribution < 1.29 is 9.59 Å². The maximum atomic E-state index is 12.4. The number of nitrogens with one attached hydrogen (secondary N) is 1. The molecule has 2 fully saturated rings. The molecule has 0 radical (unpaired) electrons. The first-order valence-electron chi connectivity index (χ1n) is 7.04. The molecular formula is C15H19N3O2. The molecule has 0 aromatic heterocycles. The molecule has 2 heterocycles. The SMILES string of the molecule is N[C@@H]1CN(C(=O)[C@H]2CCC(=O)N2)C[C@H]1c1ccccc1. The van der Waals surface area contributed by atoms with E-state index in [2.05, 4.69) is 17.4 Å². The summed E-state index contributed by atoms with van der Waals surface area (Å²) in [5.41, 5.74) is 7.36. The van der Waals surface area contributed by atoms with Gasteiger partial charge in [0.15, 0.2) is 0 Å². The fourth-order valence-electron chi connectivity index (χ4n) is 3.08. The van der Waals surface area contributed by atoms with E-state index in [-0.39, 0.29) is 29.8 Å². The zero-order valence-corrected chi connectivity index (χ0v) is 11.3. The summed E-state index contributed by atoms with van der Waals surface area (Å²) in [4.78, 5) is 25.4. The normalized spacial score (nSPS) is 29.6. The van der Waals surface area contributed by atoms with Crippen LogP contribution in [0.1, 0.15) is 24.3 Å². The third-order valence-corrected chi connectivity index (χ3v) is 4.20. The third-order valence-electron chi connectivity index (χ3n) is 4.20. The average molecular weight is 273 g/mol. The van der Waals surface area contributed by atoms with E-state index in [1.807, 2.05) is 18.2 Å². The molecule has 5 heteroatoms. The Morgan fingerprint density at radius 2 is 2.00 bits per heavy atom. The first kappa shape index (κ1) is 13.1. The summed E-state index contributed by atoms with van der Waals surface area (Å²) in [6.07, 6.45) is 1.04. The molecule has 0 aliphatic carbocycles. The molecule has 2 saturated heterocycles. The molecule has 2 aliphatic heterocycles. The van der Waals surface area contributed by atoms with E-state index >= 15 is 0 Å². The minimum Gasteiger partial charge on any atom is -0.344 e. The highest BCUT2D eigenvalue weighted by Gasteiger charge is 2.38. The van der Waals surface area contributed by atoms with Crippen molar-refractivity contribution in [3.05, 3.63) is 35.9 Å². The second-order valence-electron chi connectivity index (χ2n) is 5.58. The Morgan fingerprint density at radius 1 is 1.25 bits per heavy atom. The number of carbonyl (C=O) groups excluding carboxylic acids is 2. The summed E-state index contributed by atoms with van der Waals surface area (Å²) >= 11 is 0. The molecule has 2 amide bonds. The van der Waals surface area contributed by atoms with Crippen LogP contribution in [-0.2, 0) is 9.59 Å². The molecule has 3 rings (SSSR count). The van der Waals surface area contributed by atoms with Crippen molar-refractivity contribution in [2.75, 3.05) is 13.1 Å². The lowest BCUT2D eigenvalue weighted by molar-refractivity contribution is -0.133. The number of rotatable bonds is 2. The molecule has 3 atom stereocenters. The highest BCUT2D eigenvalue weighted by Crippen LogP contribution is 2.27. The molecule has 0 unspecified atom stereocenters. The third kappa shape index (κ3) is 2.41. The standard InChI is InChI=1S/C15H19N3O2/c16-12-9-18(15(20)13-6-7-14(19)17-13)8-11(12)10-4-2-1-3-5-10/h1-5,11-13H,6-9,16H2,(H,17,19)/t11-,12+,13+/m0/s1. The number of likely N-dealkylation sites (tertiary alicyclic amines) is 1. The molecule has 2 aliphatic rings. The van der Waals surface area contributed by atoms with Crippen molar-refractivity contribution in [2.24, 2.45) is 5.73 Å². The summed E-state index contributed by atoms with van der Waals surface area (Å²) < 4.78 is 0. The van der Waals surface area contributed by atoms with Gasteiger partial charge in [0.05, 0.1) is 0 Å². The van der Waals surface area contributed by atoms with E-state index in [1.54, 1.807) is 4.90 Å². The number of nitrogens with zero attached hydrogens (tertiary/aromatic N) is 1. The van der Waals surface area contributed by atoms with Gasteiger partial charge in [-0.15, -0.1) is 0 Å². The van der Waals surface area contributed by atoms with Crippen LogP contribution in [0.25, 0.3) is 0 Å². The number of hydrogen-bond acceptors (Lipinski definition) is 3. The number of amides is 2. The molecule has 3 N–H and O–H groups in total. The predicted molar refractivity (Wildman–Crippen MR) is 74.9 cm³/mol. The molecule has 1 aromatic rings. The van der Waals surface area contributed by atoms with Crippen molar-refractivity contribution in [3.8, 4) is 0 Å². The summed E-state index contributed by atoms with van der Waals surface area (Å²) in [7, 11) is 0. The predicted octanol–water partition coefficient (Wildman–Crippen LogP) is 0.218. The largest absolute Gasteiger partial charge is 0.344 e. The number of hydrogen-bond donors (Lipinski definition) is 2. The zero-order chi connectivity index (χ0) is 14.1. The average Bonchev–Trinajstić information content (AvgIpc) is 3.05. The van der Waals surface area contributed by atoms with Gasteiger partial charge in [-0.05, 0) is 12.0 Å². The monoisotopic (exact) mass is 273 g/mol. The lowest BCUT2D eigenvalue weighted by Crippen LogP contribution is -2.44. The Balaban J connectivity index is 1.69. The second kappa shape index (κ2) is 5.25. The maximum absolute atomic E-state index is 12.4. The fourth-order valence-corrected chi connectivity index (χ4v) is 3.08. The van der Waals surface area contributed by atoms with Crippen LogP contribution < -0.4 is 11.1 Å². The van der Waals surface area contributed by atoms with Gasteiger partial charge >= 0.3 is 0 Å². The highest BCUT2D eigenvalue weighted by molar-refractivity contribution is 5.91. The van der Waals surface area contributed by atoms with Crippen LogP contribution in [-0.4, -0.2) is 41.9 Å². The molecule has 0 saturated carbocycles. The molecule has 106 valence electrons. The van der Waals surface area contributed by atoms with Gasteiger partial charge in [0.2, 0.25) is 11.8 Å². The summed E-state index contributed by atoms with van der Waals surface area (Å²) in [6, 6.07) is 9.66. The number of benzene rings is 1. The first-order valence-corrected chi connectivity index (χ1v) is 7.04. The van der Waals surface area contributed by atoms with Gasteiger partial charge in [0.25, 0.3) is 0 Å². The van der Waals surface area contributed by atoms with Crippen molar-refractivity contribution in [3.63, 3.8) is 0 Å². The minimum atomic E-state index is -0.357. The van der Waals surface area contributed by atoms with Gasteiger partial charge in [-0.1, -0.05) is 30.3 Å². The van der Waals surface area contributed by atoms with Gasteiger partial charge in [0.1, 0.15) is 6.04 Å². The molecular weight excluding hydrogens is 254 g/mol.